The van der Waals surface area contributed by atoms with Crippen molar-refractivity contribution in [2.45, 2.75) is 6.92 Å². The van der Waals surface area contributed by atoms with E-state index in [1.165, 1.54) is 12.1 Å². The summed E-state index contributed by atoms with van der Waals surface area (Å²) in [6.07, 6.45) is 0. The van der Waals surface area contributed by atoms with Crippen LogP contribution in [0.25, 0.3) is 0 Å². The molecule has 1 aromatic carbocycles. The molecule has 3 nitrogen and oxygen atoms in total. The quantitative estimate of drug-likeness (QED) is 0.792. The summed E-state index contributed by atoms with van der Waals surface area (Å²) in [4.78, 5) is 11.5. The topological polar surface area (TPSA) is 41.1 Å². The lowest BCUT2D eigenvalue weighted by molar-refractivity contribution is -0.119. The highest BCUT2D eigenvalue weighted by Crippen LogP contribution is 2.10. The van der Waals surface area contributed by atoms with Gasteiger partial charge in [0.25, 0.3) is 0 Å². The van der Waals surface area contributed by atoms with E-state index >= 15 is 0 Å². The van der Waals surface area contributed by atoms with E-state index in [9.17, 15) is 9.18 Å². The van der Waals surface area contributed by atoms with Gasteiger partial charge < -0.3 is 10.6 Å². The van der Waals surface area contributed by atoms with Crippen LogP contribution in [0.15, 0.2) is 24.3 Å². The van der Waals surface area contributed by atoms with E-state index in [1.54, 1.807) is 19.2 Å². The van der Waals surface area contributed by atoms with Crippen LogP contribution in [0.4, 0.5) is 10.1 Å². The molecule has 0 saturated heterocycles. The minimum absolute atomic E-state index is 0.116. The number of hydrogen-bond donors (Lipinski definition) is 2. The largest absolute Gasteiger partial charge is 0.326 e. The zero-order valence-electron chi connectivity index (χ0n) is 8.88. The molecule has 0 spiro atoms. The van der Waals surface area contributed by atoms with Crippen molar-refractivity contribution in [3.8, 4) is 0 Å². The molecular formula is C11H15FN2O. The third-order valence-electron chi connectivity index (χ3n) is 2.05. The molecule has 1 unspecified atom stereocenters. The molecule has 1 rings (SSSR count). The predicted octanol–water partition coefficient (Wildman–Crippen LogP) is 1.62. The minimum Gasteiger partial charge on any atom is -0.326 e. The highest BCUT2D eigenvalue weighted by atomic mass is 19.1. The van der Waals surface area contributed by atoms with Gasteiger partial charge in [-0.25, -0.2) is 4.39 Å². The highest BCUT2D eigenvalue weighted by molar-refractivity contribution is 5.92. The first-order valence-corrected chi connectivity index (χ1v) is 4.84. The Labute approximate surface area is 88.7 Å². The lowest BCUT2D eigenvalue weighted by Gasteiger charge is -2.11. The predicted molar refractivity (Wildman–Crippen MR) is 58.1 cm³/mol. The van der Waals surface area contributed by atoms with Gasteiger partial charge in [0.15, 0.2) is 0 Å². The summed E-state index contributed by atoms with van der Waals surface area (Å²) in [7, 11) is 1.78. The molecule has 15 heavy (non-hydrogen) atoms. The molecule has 1 atom stereocenters. The molecule has 0 aliphatic carbocycles. The van der Waals surface area contributed by atoms with E-state index in [1.807, 2.05) is 6.92 Å². The van der Waals surface area contributed by atoms with E-state index in [2.05, 4.69) is 10.6 Å². The zero-order chi connectivity index (χ0) is 11.3. The Kier molecular flexibility index (Phi) is 4.24. The Morgan fingerprint density at radius 1 is 1.53 bits per heavy atom. The number of nitrogens with one attached hydrogen (secondary N) is 2. The molecular weight excluding hydrogens is 195 g/mol. The van der Waals surface area contributed by atoms with Crippen LogP contribution in [0.1, 0.15) is 6.92 Å². The van der Waals surface area contributed by atoms with Gasteiger partial charge in [0, 0.05) is 18.2 Å². The van der Waals surface area contributed by atoms with Gasteiger partial charge in [-0.05, 0) is 25.2 Å². The maximum absolute atomic E-state index is 12.8. The van der Waals surface area contributed by atoms with E-state index < -0.39 is 0 Å². The molecule has 0 radical (unpaired) electrons. The smallest absolute Gasteiger partial charge is 0.228 e. The molecule has 0 fully saturated rings. The first-order chi connectivity index (χ1) is 7.13. The lowest BCUT2D eigenvalue weighted by Crippen LogP contribution is -2.28. The highest BCUT2D eigenvalue weighted by Gasteiger charge is 2.11. The van der Waals surface area contributed by atoms with Crippen molar-refractivity contribution in [2.24, 2.45) is 5.92 Å². The van der Waals surface area contributed by atoms with Crippen LogP contribution in [-0.4, -0.2) is 19.5 Å². The molecule has 0 saturated carbocycles. The average Bonchev–Trinajstić information content (AvgIpc) is 2.18. The van der Waals surface area contributed by atoms with Gasteiger partial charge in [-0.3, -0.25) is 4.79 Å². The molecule has 4 heteroatoms. The van der Waals surface area contributed by atoms with Crippen molar-refractivity contribution in [1.29, 1.82) is 0 Å². The molecule has 0 bridgehead atoms. The summed E-state index contributed by atoms with van der Waals surface area (Å²) < 4.78 is 12.8. The van der Waals surface area contributed by atoms with Crippen LogP contribution in [0.3, 0.4) is 0 Å². The van der Waals surface area contributed by atoms with Crippen molar-refractivity contribution in [3.63, 3.8) is 0 Å². The fraction of sp³-hybridized carbons (Fsp3) is 0.364. The molecule has 0 aliphatic heterocycles. The van der Waals surface area contributed by atoms with Gasteiger partial charge in [-0.1, -0.05) is 13.0 Å². The van der Waals surface area contributed by atoms with E-state index in [-0.39, 0.29) is 17.6 Å². The number of benzene rings is 1. The van der Waals surface area contributed by atoms with Gasteiger partial charge in [0.05, 0.1) is 0 Å². The average molecular weight is 210 g/mol. The van der Waals surface area contributed by atoms with E-state index in [4.69, 9.17) is 0 Å². The first kappa shape index (κ1) is 11.7. The Bertz CT molecular complexity index is 341. The first-order valence-electron chi connectivity index (χ1n) is 4.84. The molecule has 1 amide bonds. The van der Waals surface area contributed by atoms with E-state index in [0.717, 1.165) is 0 Å². The zero-order valence-corrected chi connectivity index (χ0v) is 8.88. The van der Waals surface area contributed by atoms with Gasteiger partial charge >= 0.3 is 0 Å². The lowest BCUT2D eigenvalue weighted by atomic mass is 10.1. The SMILES string of the molecule is CNCC(C)C(=O)Nc1cccc(F)c1. The maximum atomic E-state index is 12.8. The van der Waals surface area contributed by atoms with Crippen molar-refractivity contribution in [1.82, 2.24) is 5.32 Å². The number of carbonyl (C=O) groups excluding carboxylic acids is 1. The number of amides is 1. The second-order valence-corrected chi connectivity index (χ2v) is 3.46. The summed E-state index contributed by atoms with van der Waals surface area (Å²) >= 11 is 0. The number of carbonyl (C=O) groups is 1. The third kappa shape index (κ3) is 3.67. The van der Waals surface area contributed by atoms with Crippen LogP contribution in [0.2, 0.25) is 0 Å². The van der Waals surface area contributed by atoms with Gasteiger partial charge in [-0.15, -0.1) is 0 Å². The Morgan fingerprint density at radius 2 is 2.27 bits per heavy atom. The normalized spacial score (nSPS) is 12.2. The number of anilines is 1. The van der Waals surface area contributed by atoms with Crippen molar-refractivity contribution in [3.05, 3.63) is 30.1 Å². The second kappa shape index (κ2) is 5.46. The van der Waals surface area contributed by atoms with Crippen molar-refractivity contribution in [2.75, 3.05) is 18.9 Å². The van der Waals surface area contributed by atoms with Crippen LogP contribution < -0.4 is 10.6 Å². The molecule has 82 valence electrons. The molecule has 0 aliphatic rings. The Balaban J connectivity index is 2.58. The number of halogens is 1. The van der Waals surface area contributed by atoms with Crippen LogP contribution in [0, 0.1) is 11.7 Å². The summed E-state index contributed by atoms with van der Waals surface area (Å²) in [5.41, 5.74) is 0.489. The van der Waals surface area contributed by atoms with Crippen LogP contribution in [-0.2, 0) is 4.79 Å². The van der Waals surface area contributed by atoms with Gasteiger partial charge in [-0.2, -0.15) is 0 Å². The number of hydrogen-bond acceptors (Lipinski definition) is 2. The molecule has 1 aromatic rings. The summed E-state index contributed by atoms with van der Waals surface area (Å²) in [6, 6.07) is 5.86. The summed E-state index contributed by atoms with van der Waals surface area (Å²) in [6.45, 7) is 2.41. The number of rotatable bonds is 4. The maximum Gasteiger partial charge on any atom is 0.228 e. The molecule has 0 heterocycles. The summed E-state index contributed by atoms with van der Waals surface area (Å²) in [5, 5.41) is 5.56. The molecule has 0 aromatic heterocycles. The van der Waals surface area contributed by atoms with E-state index in [0.29, 0.717) is 12.2 Å². The molecule has 2 N–H and O–H groups in total. The Hall–Kier alpha value is -1.42. The second-order valence-electron chi connectivity index (χ2n) is 3.46. The van der Waals surface area contributed by atoms with Crippen LogP contribution in [0.5, 0.6) is 0 Å². The Morgan fingerprint density at radius 3 is 2.87 bits per heavy atom. The third-order valence-corrected chi connectivity index (χ3v) is 2.05. The van der Waals surface area contributed by atoms with Gasteiger partial charge in [0.1, 0.15) is 5.82 Å². The fourth-order valence-electron chi connectivity index (χ4n) is 1.23. The monoisotopic (exact) mass is 210 g/mol. The standard InChI is InChI=1S/C11H15FN2O/c1-8(7-13-2)11(15)14-10-5-3-4-9(12)6-10/h3-6,8,13H,7H2,1-2H3,(H,14,15). The van der Waals surface area contributed by atoms with Crippen molar-refractivity contribution >= 4 is 11.6 Å². The van der Waals surface area contributed by atoms with Gasteiger partial charge in [0.2, 0.25) is 5.91 Å². The fourth-order valence-corrected chi connectivity index (χ4v) is 1.23. The minimum atomic E-state index is -0.353. The van der Waals surface area contributed by atoms with Crippen molar-refractivity contribution < 1.29 is 9.18 Å². The summed E-state index contributed by atoms with van der Waals surface area (Å²) in [5.74, 6) is -0.609. The van der Waals surface area contributed by atoms with Crippen LogP contribution >= 0.6 is 0 Å².